The molecule has 1 aliphatic rings. The van der Waals surface area contributed by atoms with Gasteiger partial charge >= 0.3 is 0 Å². The Morgan fingerprint density at radius 1 is 1.67 bits per heavy atom. The molecule has 3 atom stereocenters. The summed E-state index contributed by atoms with van der Waals surface area (Å²) in [5.41, 5.74) is 1.26. The molecule has 0 aromatic rings. The van der Waals surface area contributed by atoms with Gasteiger partial charge in [-0.3, -0.25) is 0 Å². The SMILES string of the molecule is C=CCC(O)C1(C=C)CCC(C)=CC1C. The van der Waals surface area contributed by atoms with E-state index in [1.807, 2.05) is 6.08 Å². The summed E-state index contributed by atoms with van der Waals surface area (Å²) in [6.07, 6.45) is 8.33. The summed E-state index contributed by atoms with van der Waals surface area (Å²) in [5.74, 6) is 0.360. The van der Waals surface area contributed by atoms with E-state index in [0.717, 1.165) is 12.8 Å². The minimum Gasteiger partial charge on any atom is -0.392 e. The van der Waals surface area contributed by atoms with Crippen molar-refractivity contribution < 1.29 is 5.11 Å². The highest BCUT2D eigenvalue weighted by Gasteiger charge is 2.40. The highest BCUT2D eigenvalue weighted by atomic mass is 16.3. The van der Waals surface area contributed by atoms with Crippen LogP contribution in [0, 0.1) is 11.3 Å². The molecule has 0 aliphatic heterocycles. The number of aliphatic hydroxyl groups is 1. The van der Waals surface area contributed by atoms with Crippen LogP contribution in [-0.2, 0) is 0 Å². The maximum absolute atomic E-state index is 10.2. The minimum atomic E-state index is -0.355. The van der Waals surface area contributed by atoms with Gasteiger partial charge in [0.15, 0.2) is 0 Å². The molecule has 0 saturated heterocycles. The summed E-state index contributed by atoms with van der Waals surface area (Å²) in [6.45, 7) is 11.9. The Bertz CT molecular complexity index is 277. The quantitative estimate of drug-likeness (QED) is 0.698. The number of rotatable bonds is 4. The monoisotopic (exact) mass is 206 g/mol. The van der Waals surface area contributed by atoms with Crippen molar-refractivity contribution >= 4 is 0 Å². The molecule has 0 spiro atoms. The van der Waals surface area contributed by atoms with Crippen LogP contribution in [0.15, 0.2) is 37.0 Å². The maximum atomic E-state index is 10.2. The third-order valence-electron chi connectivity index (χ3n) is 3.72. The Hall–Kier alpha value is -0.820. The van der Waals surface area contributed by atoms with Crippen LogP contribution in [-0.4, -0.2) is 11.2 Å². The zero-order valence-corrected chi connectivity index (χ0v) is 9.87. The Morgan fingerprint density at radius 2 is 2.33 bits per heavy atom. The molecule has 3 unspecified atom stereocenters. The lowest BCUT2D eigenvalue weighted by Crippen LogP contribution is -2.40. The summed E-state index contributed by atoms with van der Waals surface area (Å²) >= 11 is 0. The van der Waals surface area contributed by atoms with Gasteiger partial charge in [0, 0.05) is 5.41 Å². The topological polar surface area (TPSA) is 20.2 Å². The number of hydrogen-bond donors (Lipinski definition) is 1. The van der Waals surface area contributed by atoms with Gasteiger partial charge in [0.1, 0.15) is 0 Å². The molecule has 0 radical (unpaired) electrons. The number of hydrogen-bond acceptors (Lipinski definition) is 1. The van der Waals surface area contributed by atoms with Gasteiger partial charge in [0.05, 0.1) is 6.10 Å². The van der Waals surface area contributed by atoms with Crippen molar-refractivity contribution in [3.8, 4) is 0 Å². The third-order valence-corrected chi connectivity index (χ3v) is 3.72. The molecule has 1 nitrogen and oxygen atoms in total. The first-order chi connectivity index (χ1) is 7.06. The highest BCUT2D eigenvalue weighted by molar-refractivity contribution is 5.17. The molecule has 15 heavy (non-hydrogen) atoms. The van der Waals surface area contributed by atoms with Gasteiger partial charge in [0.2, 0.25) is 0 Å². The summed E-state index contributed by atoms with van der Waals surface area (Å²) < 4.78 is 0. The standard InChI is InChI=1S/C14H22O/c1-5-7-13(15)14(6-2)9-8-11(3)10-12(14)4/h5-6,10,12-13,15H,1-2,7-9H2,3-4H3. The lowest BCUT2D eigenvalue weighted by molar-refractivity contribution is 0.0261. The van der Waals surface area contributed by atoms with Crippen LogP contribution in [0.4, 0.5) is 0 Å². The first kappa shape index (κ1) is 12.3. The lowest BCUT2D eigenvalue weighted by atomic mass is 9.64. The van der Waals surface area contributed by atoms with E-state index < -0.39 is 0 Å². The fourth-order valence-electron chi connectivity index (χ4n) is 2.58. The Kier molecular flexibility index (Phi) is 3.92. The normalized spacial score (nSPS) is 33.0. The van der Waals surface area contributed by atoms with Gasteiger partial charge in [-0.25, -0.2) is 0 Å². The van der Waals surface area contributed by atoms with E-state index in [4.69, 9.17) is 0 Å². The van der Waals surface area contributed by atoms with Crippen LogP contribution in [0.5, 0.6) is 0 Å². The van der Waals surface area contributed by atoms with E-state index >= 15 is 0 Å². The van der Waals surface area contributed by atoms with Crippen molar-refractivity contribution in [2.24, 2.45) is 11.3 Å². The molecule has 1 N–H and O–H groups in total. The molecule has 0 bridgehead atoms. The van der Waals surface area contributed by atoms with Crippen molar-refractivity contribution in [1.82, 2.24) is 0 Å². The molecule has 1 aliphatic carbocycles. The van der Waals surface area contributed by atoms with Crippen LogP contribution in [0.3, 0.4) is 0 Å². The van der Waals surface area contributed by atoms with Gasteiger partial charge in [0.25, 0.3) is 0 Å². The minimum absolute atomic E-state index is 0.159. The fraction of sp³-hybridized carbons (Fsp3) is 0.571. The first-order valence-corrected chi connectivity index (χ1v) is 5.66. The van der Waals surface area contributed by atoms with Crippen molar-refractivity contribution in [2.45, 2.75) is 39.2 Å². The Balaban J connectivity index is 2.94. The molecule has 0 fully saturated rings. The maximum Gasteiger partial charge on any atom is 0.0670 e. The van der Waals surface area contributed by atoms with Crippen LogP contribution < -0.4 is 0 Å². The third kappa shape index (κ3) is 2.23. The van der Waals surface area contributed by atoms with E-state index in [2.05, 4.69) is 33.1 Å². The Labute approximate surface area is 93.2 Å². The van der Waals surface area contributed by atoms with Gasteiger partial charge in [-0.1, -0.05) is 30.7 Å². The number of allylic oxidation sites excluding steroid dienone is 2. The second kappa shape index (κ2) is 4.80. The zero-order chi connectivity index (χ0) is 11.5. The van der Waals surface area contributed by atoms with Crippen LogP contribution >= 0.6 is 0 Å². The number of aliphatic hydroxyl groups excluding tert-OH is 1. The van der Waals surface area contributed by atoms with Crippen LogP contribution in [0.25, 0.3) is 0 Å². The molecule has 0 saturated carbocycles. The molecule has 1 heteroatoms. The van der Waals surface area contributed by atoms with Crippen molar-refractivity contribution in [2.75, 3.05) is 0 Å². The molecular weight excluding hydrogens is 184 g/mol. The van der Waals surface area contributed by atoms with Crippen molar-refractivity contribution in [3.63, 3.8) is 0 Å². The molecular formula is C14H22O. The molecule has 0 amide bonds. The average Bonchev–Trinajstić information content (AvgIpc) is 2.19. The van der Waals surface area contributed by atoms with Gasteiger partial charge < -0.3 is 5.11 Å². The van der Waals surface area contributed by atoms with E-state index in [0.29, 0.717) is 12.3 Å². The summed E-state index contributed by atoms with van der Waals surface area (Å²) in [5, 5.41) is 10.2. The van der Waals surface area contributed by atoms with Crippen LogP contribution in [0.2, 0.25) is 0 Å². The Morgan fingerprint density at radius 3 is 2.80 bits per heavy atom. The predicted molar refractivity (Wildman–Crippen MR) is 65.6 cm³/mol. The van der Waals surface area contributed by atoms with E-state index in [9.17, 15) is 5.11 Å². The van der Waals surface area contributed by atoms with Gasteiger partial charge in [-0.15, -0.1) is 13.2 Å². The summed E-state index contributed by atoms with van der Waals surface area (Å²) in [7, 11) is 0. The lowest BCUT2D eigenvalue weighted by Gasteiger charge is -2.42. The van der Waals surface area contributed by atoms with E-state index in [1.165, 1.54) is 5.57 Å². The molecule has 0 aromatic carbocycles. The summed E-state index contributed by atoms with van der Waals surface area (Å²) in [6, 6.07) is 0. The van der Waals surface area contributed by atoms with Crippen LogP contribution in [0.1, 0.15) is 33.1 Å². The first-order valence-electron chi connectivity index (χ1n) is 5.66. The second-order valence-electron chi connectivity index (χ2n) is 4.66. The smallest absolute Gasteiger partial charge is 0.0670 e. The fourth-order valence-corrected chi connectivity index (χ4v) is 2.58. The van der Waals surface area contributed by atoms with E-state index in [-0.39, 0.29) is 11.5 Å². The van der Waals surface area contributed by atoms with Gasteiger partial charge in [-0.2, -0.15) is 0 Å². The highest BCUT2D eigenvalue weighted by Crippen LogP contribution is 2.44. The largest absolute Gasteiger partial charge is 0.392 e. The van der Waals surface area contributed by atoms with E-state index in [1.54, 1.807) is 6.08 Å². The molecule has 0 heterocycles. The molecule has 84 valence electrons. The van der Waals surface area contributed by atoms with Crippen molar-refractivity contribution in [1.29, 1.82) is 0 Å². The molecule has 0 aromatic heterocycles. The zero-order valence-electron chi connectivity index (χ0n) is 9.87. The molecule has 1 rings (SSSR count). The predicted octanol–water partition coefficient (Wildman–Crippen LogP) is 3.47. The summed E-state index contributed by atoms with van der Waals surface area (Å²) in [4.78, 5) is 0. The van der Waals surface area contributed by atoms with Crippen molar-refractivity contribution in [3.05, 3.63) is 37.0 Å². The van der Waals surface area contributed by atoms with Gasteiger partial charge in [-0.05, 0) is 32.1 Å². The second-order valence-corrected chi connectivity index (χ2v) is 4.66. The average molecular weight is 206 g/mol.